The van der Waals surface area contributed by atoms with Crippen LogP contribution in [0.2, 0.25) is 0 Å². The molecule has 100 valence electrons. The molecular weight excluding hydrogens is 224 g/mol. The maximum absolute atomic E-state index is 9.51. The van der Waals surface area contributed by atoms with Crippen LogP contribution in [-0.2, 0) is 6.42 Å². The first-order valence-corrected chi connectivity index (χ1v) is 6.94. The van der Waals surface area contributed by atoms with E-state index in [0.717, 1.165) is 13.0 Å². The molecule has 1 aliphatic rings. The molecule has 18 heavy (non-hydrogen) atoms. The molecule has 4 N–H and O–H groups in total. The molecule has 3 atom stereocenters. The van der Waals surface area contributed by atoms with Crippen molar-refractivity contribution in [2.75, 3.05) is 13.2 Å². The van der Waals surface area contributed by atoms with E-state index in [0.29, 0.717) is 12.0 Å². The topological polar surface area (TPSA) is 58.3 Å². The third-order valence-corrected chi connectivity index (χ3v) is 3.96. The van der Waals surface area contributed by atoms with Gasteiger partial charge in [0.25, 0.3) is 0 Å². The molecule has 1 aromatic carbocycles. The van der Waals surface area contributed by atoms with Gasteiger partial charge in [-0.2, -0.15) is 0 Å². The average Bonchev–Trinajstić information content (AvgIpc) is 2.86. The Kier molecular flexibility index (Phi) is 5.17. The summed E-state index contributed by atoms with van der Waals surface area (Å²) in [6.45, 7) is 0.934. The highest BCUT2D eigenvalue weighted by Crippen LogP contribution is 2.25. The van der Waals surface area contributed by atoms with Gasteiger partial charge in [0.15, 0.2) is 0 Å². The van der Waals surface area contributed by atoms with Gasteiger partial charge in [-0.15, -0.1) is 0 Å². The predicted molar refractivity (Wildman–Crippen MR) is 74.3 cm³/mol. The molecule has 2 unspecified atom stereocenters. The molecule has 1 fully saturated rings. The second-order valence-corrected chi connectivity index (χ2v) is 5.27. The Morgan fingerprint density at radius 3 is 2.72 bits per heavy atom. The van der Waals surface area contributed by atoms with Gasteiger partial charge >= 0.3 is 0 Å². The normalized spacial score (nSPS) is 25.2. The number of benzene rings is 1. The minimum atomic E-state index is 0.143. The van der Waals surface area contributed by atoms with Crippen LogP contribution in [0.25, 0.3) is 0 Å². The second kappa shape index (κ2) is 6.88. The lowest BCUT2D eigenvalue weighted by Gasteiger charge is -2.25. The van der Waals surface area contributed by atoms with Crippen LogP contribution < -0.4 is 11.1 Å². The van der Waals surface area contributed by atoms with Gasteiger partial charge in [-0.05, 0) is 37.3 Å². The van der Waals surface area contributed by atoms with Crippen LogP contribution in [0.5, 0.6) is 0 Å². The quantitative estimate of drug-likeness (QED) is 0.711. The van der Waals surface area contributed by atoms with E-state index in [2.05, 4.69) is 17.4 Å². The molecule has 0 radical (unpaired) electrons. The summed E-state index contributed by atoms with van der Waals surface area (Å²) in [6.07, 6.45) is 4.54. The fourth-order valence-electron chi connectivity index (χ4n) is 2.92. The number of rotatable bonds is 6. The Bertz CT molecular complexity index is 342. The first-order valence-electron chi connectivity index (χ1n) is 6.94. The van der Waals surface area contributed by atoms with Gasteiger partial charge in [-0.1, -0.05) is 36.8 Å². The van der Waals surface area contributed by atoms with Gasteiger partial charge < -0.3 is 16.2 Å². The minimum absolute atomic E-state index is 0.143. The van der Waals surface area contributed by atoms with Gasteiger partial charge in [0.1, 0.15) is 0 Å². The summed E-state index contributed by atoms with van der Waals surface area (Å²) in [6, 6.07) is 11.0. The first-order chi connectivity index (χ1) is 8.83. The van der Waals surface area contributed by atoms with Crippen LogP contribution in [-0.4, -0.2) is 30.3 Å². The van der Waals surface area contributed by atoms with E-state index in [4.69, 9.17) is 5.73 Å². The molecule has 3 heteroatoms. The highest BCUT2D eigenvalue weighted by molar-refractivity contribution is 5.16. The van der Waals surface area contributed by atoms with Crippen molar-refractivity contribution in [2.24, 2.45) is 11.7 Å². The Balaban J connectivity index is 1.89. The molecule has 0 heterocycles. The van der Waals surface area contributed by atoms with Gasteiger partial charge in [-0.25, -0.2) is 0 Å². The minimum Gasteiger partial charge on any atom is -0.395 e. The van der Waals surface area contributed by atoms with Gasteiger partial charge in [0, 0.05) is 12.1 Å². The Hall–Kier alpha value is -0.900. The van der Waals surface area contributed by atoms with Gasteiger partial charge in [0.2, 0.25) is 0 Å². The van der Waals surface area contributed by atoms with Crippen LogP contribution in [0.1, 0.15) is 24.8 Å². The van der Waals surface area contributed by atoms with E-state index in [-0.39, 0.29) is 12.6 Å². The highest BCUT2D eigenvalue weighted by Gasteiger charge is 2.27. The molecule has 0 amide bonds. The number of hydrogen-bond acceptors (Lipinski definition) is 3. The summed E-state index contributed by atoms with van der Waals surface area (Å²) in [4.78, 5) is 0. The van der Waals surface area contributed by atoms with Crippen LogP contribution in [0.15, 0.2) is 30.3 Å². The molecule has 0 bridgehead atoms. The first kappa shape index (κ1) is 13.5. The Labute approximate surface area is 109 Å². The lowest BCUT2D eigenvalue weighted by Crippen LogP contribution is -2.45. The summed E-state index contributed by atoms with van der Waals surface area (Å²) < 4.78 is 0. The zero-order chi connectivity index (χ0) is 12.8. The number of aliphatic hydroxyl groups is 1. The maximum Gasteiger partial charge on any atom is 0.0587 e. The smallest absolute Gasteiger partial charge is 0.0587 e. The van der Waals surface area contributed by atoms with Crippen LogP contribution in [0.4, 0.5) is 0 Å². The van der Waals surface area contributed by atoms with E-state index in [9.17, 15) is 5.11 Å². The predicted octanol–water partition coefficient (Wildman–Crippen LogP) is 1.31. The van der Waals surface area contributed by atoms with Crippen LogP contribution in [0.3, 0.4) is 0 Å². The van der Waals surface area contributed by atoms with Crippen molar-refractivity contribution in [1.29, 1.82) is 0 Å². The number of aliphatic hydroxyl groups excluding tert-OH is 1. The molecule has 0 aliphatic heterocycles. The van der Waals surface area contributed by atoms with Crippen molar-refractivity contribution in [3.05, 3.63) is 35.9 Å². The van der Waals surface area contributed by atoms with Crippen LogP contribution in [0, 0.1) is 5.92 Å². The third kappa shape index (κ3) is 3.55. The molecule has 0 spiro atoms. The standard InChI is InChI=1S/C15H24N2O/c16-10-13-7-4-8-15(13)17-14(11-18)9-12-5-2-1-3-6-12/h1-3,5-6,13-15,17-18H,4,7-11,16H2/t13?,14-,15?/m1/s1. The number of nitrogens with one attached hydrogen (secondary N) is 1. The molecule has 2 rings (SSSR count). The largest absolute Gasteiger partial charge is 0.395 e. The Morgan fingerprint density at radius 1 is 1.28 bits per heavy atom. The molecule has 1 saturated carbocycles. The molecule has 0 aromatic heterocycles. The van der Waals surface area contributed by atoms with Crippen molar-refractivity contribution in [3.63, 3.8) is 0 Å². The van der Waals surface area contributed by atoms with Crippen molar-refractivity contribution in [3.8, 4) is 0 Å². The highest BCUT2D eigenvalue weighted by atomic mass is 16.3. The molecule has 1 aliphatic carbocycles. The van der Waals surface area contributed by atoms with E-state index in [1.807, 2.05) is 18.2 Å². The van der Waals surface area contributed by atoms with Gasteiger partial charge in [0.05, 0.1) is 6.61 Å². The summed E-state index contributed by atoms with van der Waals surface area (Å²) in [5.74, 6) is 0.579. The molecule has 3 nitrogen and oxygen atoms in total. The van der Waals surface area contributed by atoms with Crippen molar-refractivity contribution in [2.45, 2.75) is 37.8 Å². The lowest BCUT2D eigenvalue weighted by molar-refractivity contribution is 0.220. The molecule has 1 aromatic rings. The van der Waals surface area contributed by atoms with Crippen molar-refractivity contribution >= 4 is 0 Å². The zero-order valence-corrected chi connectivity index (χ0v) is 10.9. The van der Waals surface area contributed by atoms with E-state index < -0.39 is 0 Å². The van der Waals surface area contributed by atoms with Gasteiger partial charge in [-0.3, -0.25) is 0 Å². The molecular formula is C15H24N2O. The third-order valence-electron chi connectivity index (χ3n) is 3.96. The van der Waals surface area contributed by atoms with Crippen molar-refractivity contribution in [1.82, 2.24) is 5.32 Å². The fraction of sp³-hybridized carbons (Fsp3) is 0.600. The summed E-state index contributed by atoms with van der Waals surface area (Å²) in [7, 11) is 0. The summed E-state index contributed by atoms with van der Waals surface area (Å²) in [5, 5.41) is 13.1. The lowest BCUT2D eigenvalue weighted by atomic mass is 10.0. The maximum atomic E-state index is 9.51. The van der Waals surface area contributed by atoms with E-state index in [1.54, 1.807) is 0 Å². The fourth-order valence-corrected chi connectivity index (χ4v) is 2.92. The SMILES string of the molecule is NCC1CCCC1N[C@@H](CO)Cc1ccccc1. The number of hydrogen-bond donors (Lipinski definition) is 3. The summed E-state index contributed by atoms with van der Waals surface area (Å²) in [5.41, 5.74) is 7.06. The molecule has 0 saturated heterocycles. The van der Waals surface area contributed by atoms with E-state index >= 15 is 0 Å². The summed E-state index contributed by atoms with van der Waals surface area (Å²) >= 11 is 0. The van der Waals surface area contributed by atoms with E-state index in [1.165, 1.54) is 24.8 Å². The second-order valence-electron chi connectivity index (χ2n) is 5.27. The number of nitrogens with two attached hydrogens (primary N) is 1. The van der Waals surface area contributed by atoms with Crippen molar-refractivity contribution < 1.29 is 5.11 Å². The average molecular weight is 248 g/mol. The zero-order valence-electron chi connectivity index (χ0n) is 10.9. The van der Waals surface area contributed by atoms with Crippen LogP contribution >= 0.6 is 0 Å². The monoisotopic (exact) mass is 248 g/mol. The Morgan fingerprint density at radius 2 is 2.06 bits per heavy atom.